The van der Waals surface area contributed by atoms with Crippen LogP contribution in [0.2, 0.25) is 5.02 Å². The molecule has 0 aliphatic carbocycles. The summed E-state index contributed by atoms with van der Waals surface area (Å²) in [5, 5.41) is 4.03. The first-order valence-corrected chi connectivity index (χ1v) is 4.68. The largest absolute Gasteiger partial charge is 0.349 e. The number of benzene rings is 1. The molecule has 74 valence electrons. The van der Waals surface area contributed by atoms with E-state index in [0.717, 1.165) is 5.56 Å². The lowest BCUT2D eigenvalue weighted by Crippen LogP contribution is -2.00. The van der Waals surface area contributed by atoms with E-state index in [0.29, 0.717) is 5.02 Å². The van der Waals surface area contributed by atoms with Crippen molar-refractivity contribution in [3.63, 3.8) is 0 Å². The molecule has 0 amide bonds. The second kappa shape index (κ2) is 5.62. The van der Waals surface area contributed by atoms with Gasteiger partial charge in [-0.3, -0.25) is 0 Å². The Bertz CT molecular complexity index is 352. The Labute approximate surface area is 91.3 Å². The van der Waals surface area contributed by atoms with Crippen molar-refractivity contribution < 1.29 is 9.63 Å². The van der Waals surface area contributed by atoms with E-state index in [9.17, 15) is 4.79 Å². The molecular formula is C9H7Cl2NO2. The van der Waals surface area contributed by atoms with E-state index in [1.807, 2.05) is 0 Å². The Hall–Kier alpha value is -1.06. The van der Waals surface area contributed by atoms with Crippen molar-refractivity contribution in [2.24, 2.45) is 5.16 Å². The Kier molecular flexibility index (Phi) is 4.43. The number of hydrogen-bond acceptors (Lipinski definition) is 3. The second-order valence-electron chi connectivity index (χ2n) is 2.39. The molecule has 0 aliphatic heterocycles. The molecule has 0 unspecified atom stereocenters. The molecule has 0 spiro atoms. The van der Waals surface area contributed by atoms with Crippen molar-refractivity contribution in [3.05, 3.63) is 34.9 Å². The van der Waals surface area contributed by atoms with Gasteiger partial charge in [-0.25, -0.2) is 4.79 Å². The van der Waals surface area contributed by atoms with E-state index < -0.39 is 5.97 Å². The smallest absolute Gasteiger partial charge is 0.317 e. The van der Waals surface area contributed by atoms with Crippen LogP contribution in [0.1, 0.15) is 5.56 Å². The summed E-state index contributed by atoms with van der Waals surface area (Å²) in [7, 11) is 0. The fraction of sp³-hybridized carbons (Fsp3) is 0.111. The number of carbonyl (C=O) groups is 1. The van der Waals surface area contributed by atoms with E-state index in [1.54, 1.807) is 24.3 Å². The van der Waals surface area contributed by atoms with Crippen LogP contribution in [0, 0.1) is 0 Å². The topological polar surface area (TPSA) is 38.7 Å². The highest BCUT2D eigenvalue weighted by Crippen LogP contribution is 2.08. The fourth-order valence-corrected chi connectivity index (χ4v) is 1.00. The molecule has 1 aromatic rings. The third-order valence-corrected chi connectivity index (χ3v) is 1.77. The van der Waals surface area contributed by atoms with Gasteiger partial charge in [0.25, 0.3) is 0 Å². The van der Waals surface area contributed by atoms with Gasteiger partial charge in [0.2, 0.25) is 0 Å². The highest BCUT2D eigenvalue weighted by atomic mass is 35.5. The minimum atomic E-state index is -0.593. The van der Waals surface area contributed by atoms with Gasteiger partial charge in [0.15, 0.2) is 0 Å². The minimum absolute atomic E-state index is 0.215. The van der Waals surface area contributed by atoms with Gasteiger partial charge < -0.3 is 4.84 Å². The SMILES string of the molecule is O=C(CCl)O/N=C/c1cccc(Cl)c1. The predicted molar refractivity (Wildman–Crippen MR) is 55.9 cm³/mol. The van der Waals surface area contributed by atoms with Crippen molar-refractivity contribution in [1.29, 1.82) is 0 Å². The van der Waals surface area contributed by atoms with Crippen LogP contribution in [-0.4, -0.2) is 18.1 Å². The molecular weight excluding hydrogens is 225 g/mol. The van der Waals surface area contributed by atoms with Gasteiger partial charge in [-0.2, -0.15) is 0 Å². The number of oxime groups is 1. The van der Waals surface area contributed by atoms with E-state index in [2.05, 4.69) is 9.99 Å². The monoisotopic (exact) mass is 231 g/mol. The summed E-state index contributed by atoms with van der Waals surface area (Å²) in [5.41, 5.74) is 0.750. The van der Waals surface area contributed by atoms with Crippen LogP contribution in [-0.2, 0) is 9.63 Å². The fourth-order valence-electron chi connectivity index (χ4n) is 0.757. The number of carbonyl (C=O) groups excluding carboxylic acids is 1. The number of alkyl halides is 1. The zero-order chi connectivity index (χ0) is 10.4. The molecule has 0 aliphatic rings. The van der Waals surface area contributed by atoms with Crippen LogP contribution in [0.15, 0.2) is 29.4 Å². The highest BCUT2D eigenvalue weighted by Gasteiger charge is 1.96. The molecule has 0 radical (unpaired) electrons. The average molecular weight is 232 g/mol. The Morgan fingerprint density at radius 2 is 2.36 bits per heavy atom. The van der Waals surface area contributed by atoms with Gasteiger partial charge in [-0.1, -0.05) is 28.9 Å². The molecule has 0 aromatic heterocycles. The molecule has 0 N–H and O–H groups in total. The summed E-state index contributed by atoms with van der Waals surface area (Å²) in [4.78, 5) is 15.0. The third kappa shape index (κ3) is 3.77. The van der Waals surface area contributed by atoms with Gasteiger partial charge in [0.1, 0.15) is 5.88 Å². The zero-order valence-electron chi connectivity index (χ0n) is 7.11. The summed E-state index contributed by atoms with van der Waals surface area (Å²) < 4.78 is 0. The molecule has 0 heterocycles. The molecule has 0 saturated carbocycles. The van der Waals surface area contributed by atoms with Crippen molar-refractivity contribution >= 4 is 35.4 Å². The van der Waals surface area contributed by atoms with Gasteiger partial charge in [0, 0.05) is 5.02 Å². The minimum Gasteiger partial charge on any atom is -0.317 e. The van der Waals surface area contributed by atoms with Gasteiger partial charge in [-0.15, -0.1) is 11.6 Å². The van der Waals surface area contributed by atoms with Crippen LogP contribution in [0.5, 0.6) is 0 Å². The van der Waals surface area contributed by atoms with Gasteiger partial charge >= 0.3 is 5.97 Å². The number of nitrogens with zero attached hydrogens (tertiary/aromatic N) is 1. The molecule has 5 heteroatoms. The summed E-state index contributed by atoms with van der Waals surface area (Å²) in [5.74, 6) is -0.808. The quantitative estimate of drug-likeness (QED) is 0.347. The molecule has 0 bridgehead atoms. The molecule has 0 saturated heterocycles. The maximum Gasteiger partial charge on any atom is 0.349 e. The van der Waals surface area contributed by atoms with Gasteiger partial charge in [0.05, 0.1) is 6.21 Å². The lowest BCUT2D eigenvalue weighted by atomic mass is 10.2. The van der Waals surface area contributed by atoms with E-state index in [-0.39, 0.29) is 5.88 Å². The van der Waals surface area contributed by atoms with Crippen molar-refractivity contribution in [2.45, 2.75) is 0 Å². The number of halogens is 2. The van der Waals surface area contributed by atoms with Crippen molar-refractivity contribution in [1.82, 2.24) is 0 Å². The van der Waals surface area contributed by atoms with Crippen LogP contribution in [0.25, 0.3) is 0 Å². The molecule has 3 nitrogen and oxygen atoms in total. The highest BCUT2D eigenvalue weighted by molar-refractivity contribution is 6.30. The first kappa shape index (κ1) is 11.0. The van der Waals surface area contributed by atoms with Crippen LogP contribution < -0.4 is 0 Å². The number of hydrogen-bond donors (Lipinski definition) is 0. The van der Waals surface area contributed by atoms with Crippen LogP contribution in [0.4, 0.5) is 0 Å². The second-order valence-corrected chi connectivity index (χ2v) is 3.09. The molecule has 0 fully saturated rings. The first-order chi connectivity index (χ1) is 6.72. The predicted octanol–water partition coefficient (Wildman–Crippen LogP) is 2.46. The standard InChI is InChI=1S/C9H7Cl2NO2/c10-5-9(13)14-12-6-7-2-1-3-8(11)4-7/h1-4,6H,5H2/b12-6+. The number of rotatable bonds is 3. The Balaban J connectivity index is 2.56. The van der Waals surface area contributed by atoms with E-state index >= 15 is 0 Å². The summed E-state index contributed by atoms with van der Waals surface area (Å²) in [6.07, 6.45) is 1.39. The van der Waals surface area contributed by atoms with Crippen molar-refractivity contribution in [3.8, 4) is 0 Å². The normalized spacial score (nSPS) is 10.4. The third-order valence-electron chi connectivity index (χ3n) is 1.31. The zero-order valence-corrected chi connectivity index (χ0v) is 8.63. The Morgan fingerprint density at radius 3 is 3.00 bits per heavy atom. The molecule has 1 rings (SSSR count). The molecule has 1 aromatic carbocycles. The van der Waals surface area contributed by atoms with E-state index in [4.69, 9.17) is 23.2 Å². The maximum atomic E-state index is 10.6. The van der Waals surface area contributed by atoms with Crippen molar-refractivity contribution in [2.75, 3.05) is 5.88 Å². The average Bonchev–Trinajstić information content (AvgIpc) is 2.17. The van der Waals surface area contributed by atoms with Gasteiger partial charge in [-0.05, 0) is 17.7 Å². The van der Waals surface area contributed by atoms with Crippen LogP contribution in [0.3, 0.4) is 0 Å². The van der Waals surface area contributed by atoms with E-state index in [1.165, 1.54) is 6.21 Å². The first-order valence-electron chi connectivity index (χ1n) is 3.77. The van der Waals surface area contributed by atoms with Crippen LogP contribution >= 0.6 is 23.2 Å². The summed E-state index contributed by atoms with van der Waals surface area (Å²) in [6.45, 7) is 0. The summed E-state index contributed by atoms with van der Waals surface area (Å²) >= 11 is 10.9. The molecule has 0 atom stereocenters. The lowest BCUT2D eigenvalue weighted by Gasteiger charge is -1.93. The lowest BCUT2D eigenvalue weighted by molar-refractivity contribution is -0.140. The Morgan fingerprint density at radius 1 is 1.57 bits per heavy atom. The molecule has 14 heavy (non-hydrogen) atoms. The maximum absolute atomic E-state index is 10.6. The summed E-state index contributed by atoms with van der Waals surface area (Å²) in [6, 6.07) is 6.99.